The molecule has 7 heteroatoms. The Hall–Kier alpha value is -1.89. The molecule has 1 aliphatic rings. The van der Waals surface area contributed by atoms with Gasteiger partial charge in [0, 0.05) is 17.9 Å². The Morgan fingerprint density at radius 2 is 1.96 bits per heavy atom. The van der Waals surface area contributed by atoms with Gasteiger partial charge in [0.05, 0.1) is 25.6 Å². The lowest BCUT2D eigenvalue weighted by Gasteiger charge is -2.32. The monoisotopic (exact) mass is 380 g/mol. The van der Waals surface area contributed by atoms with Crippen LogP contribution in [0.15, 0.2) is 12.3 Å². The maximum absolute atomic E-state index is 13.0. The number of esters is 1. The van der Waals surface area contributed by atoms with Crippen molar-refractivity contribution in [2.24, 2.45) is 5.92 Å². The van der Waals surface area contributed by atoms with E-state index in [2.05, 4.69) is 18.9 Å². The third-order valence-corrected chi connectivity index (χ3v) is 5.12. The third kappa shape index (κ3) is 4.51. The number of hydrogen-bond acceptors (Lipinski definition) is 5. The molecule has 1 amide bonds. The molecular formula is C20H34N3O4+. The number of amides is 1. The van der Waals surface area contributed by atoms with E-state index in [9.17, 15) is 9.59 Å². The highest BCUT2D eigenvalue weighted by atomic mass is 16.6. The quantitative estimate of drug-likeness (QED) is 0.577. The first kappa shape index (κ1) is 21.4. The highest BCUT2D eigenvalue weighted by Crippen LogP contribution is 2.39. The molecule has 3 unspecified atom stereocenters. The van der Waals surface area contributed by atoms with Crippen LogP contribution in [-0.4, -0.2) is 58.2 Å². The number of nitrogens with zero attached hydrogens (tertiary/aromatic N) is 3. The van der Waals surface area contributed by atoms with E-state index in [1.807, 2.05) is 38.4 Å². The lowest BCUT2D eigenvalue weighted by molar-refractivity contribution is -0.846. The number of hydrogen-bond donors (Lipinski definition) is 0. The van der Waals surface area contributed by atoms with Gasteiger partial charge in [-0.3, -0.25) is 9.48 Å². The first-order valence-electron chi connectivity index (χ1n) is 9.84. The van der Waals surface area contributed by atoms with Gasteiger partial charge in [-0.25, -0.2) is 4.48 Å². The van der Waals surface area contributed by atoms with E-state index < -0.39 is 11.5 Å². The lowest BCUT2D eigenvalue weighted by atomic mass is 9.92. The molecule has 1 aromatic rings. The van der Waals surface area contributed by atoms with Crippen LogP contribution in [0, 0.1) is 5.92 Å². The smallest absolute Gasteiger partial charge is 0.466 e. The molecule has 3 atom stereocenters. The summed E-state index contributed by atoms with van der Waals surface area (Å²) in [5.41, 5.74) is 0.398. The van der Waals surface area contributed by atoms with E-state index >= 15 is 0 Å². The van der Waals surface area contributed by atoms with Crippen molar-refractivity contribution in [2.45, 2.75) is 66.0 Å². The molecule has 0 aliphatic carbocycles. The van der Waals surface area contributed by atoms with Crippen molar-refractivity contribution >= 4 is 12.1 Å². The fraction of sp³-hybridized carbons (Fsp3) is 0.750. The molecule has 1 aromatic heterocycles. The molecule has 1 saturated heterocycles. The van der Waals surface area contributed by atoms with E-state index in [1.165, 1.54) is 0 Å². The number of carbonyl (C=O) groups is 2. The van der Waals surface area contributed by atoms with Gasteiger partial charge in [0.2, 0.25) is 0 Å². The molecule has 2 rings (SSSR count). The molecule has 1 aliphatic heterocycles. The fourth-order valence-electron chi connectivity index (χ4n) is 3.81. The van der Waals surface area contributed by atoms with Crippen LogP contribution in [-0.2, 0) is 14.3 Å². The van der Waals surface area contributed by atoms with Crippen LogP contribution in [0.5, 0.6) is 0 Å². The van der Waals surface area contributed by atoms with Crippen LogP contribution in [0.4, 0.5) is 4.79 Å². The Balaban J connectivity index is 2.43. The van der Waals surface area contributed by atoms with Crippen LogP contribution in [0.3, 0.4) is 0 Å². The van der Waals surface area contributed by atoms with Gasteiger partial charge in [-0.1, -0.05) is 0 Å². The van der Waals surface area contributed by atoms with Crippen LogP contribution in [0.25, 0.3) is 0 Å². The predicted octanol–water partition coefficient (Wildman–Crippen LogP) is 3.51. The van der Waals surface area contributed by atoms with Crippen molar-refractivity contribution in [3.8, 4) is 0 Å². The zero-order chi connectivity index (χ0) is 20.4. The van der Waals surface area contributed by atoms with Gasteiger partial charge in [0.15, 0.2) is 0 Å². The number of likely N-dealkylation sites (tertiary alicyclic amines) is 1. The van der Waals surface area contributed by atoms with Crippen molar-refractivity contribution < 1.29 is 23.5 Å². The van der Waals surface area contributed by atoms with Crippen LogP contribution < -0.4 is 0 Å². The van der Waals surface area contributed by atoms with Gasteiger partial charge in [-0.15, -0.1) is 0 Å². The number of aromatic nitrogens is 2. The second-order valence-electron chi connectivity index (χ2n) is 8.57. The average molecular weight is 381 g/mol. The summed E-state index contributed by atoms with van der Waals surface area (Å²) in [6.07, 6.45) is 1.47. The van der Waals surface area contributed by atoms with Crippen molar-refractivity contribution in [3.63, 3.8) is 0 Å². The van der Waals surface area contributed by atoms with Crippen molar-refractivity contribution in [2.75, 3.05) is 26.2 Å². The van der Waals surface area contributed by atoms with Crippen molar-refractivity contribution in [3.05, 3.63) is 18.0 Å². The summed E-state index contributed by atoms with van der Waals surface area (Å²) < 4.78 is 13.1. The largest absolute Gasteiger partial charge is 0.516 e. The molecule has 0 spiro atoms. The average Bonchev–Trinajstić information content (AvgIpc) is 3.18. The normalized spacial score (nSPS) is 25.6. The standard InChI is InChI=1S/C20H34N3O4/c1-8-23(19(25)27-20(5,6)7)12-15(16(13-23)18(24)26-9-2)17-10-11-21-22(17)14(3)4/h10-11,14-16H,8-9,12-13H2,1-7H3/q+1. The Kier molecular flexibility index (Phi) is 6.35. The highest BCUT2D eigenvalue weighted by Gasteiger charge is 2.55. The van der Waals surface area contributed by atoms with Gasteiger partial charge in [0.25, 0.3) is 0 Å². The molecule has 27 heavy (non-hydrogen) atoms. The Bertz CT molecular complexity index is 677. The molecule has 0 N–H and O–H groups in total. The third-order valence-electron chi connectivity index (χ3n) is 5.12. The minimum absolute atomic E-state index is 0.120. The van der Waals surface area contributed by atoms with E-state index in [0.717, 1.165) is 5.69 Å². The van der Waals surface area contributed by atoms with Crippen LogP contribution in [0.1, 0.15) is 66.1 Å². The highest BCUT2D eigenvalue weighted by molar-refractivity contribution is 5.75. The Morgan fingerprint density at radius 1 is 1.30 bits per heavy atom. The van der Waals surface area contributed by atoms with Crippen LogP contribution >= 0.6 is 0 Å². The molecule has 0 bridgehead atoms. The summed E-state index contributed by atoms with van der Waals surface area (Å²) in [6, 6.07) is 2.12. The van der Waals surface area contributed by atoms with E-state index in [4.69, 9.17) is 9.47 Å². The SMILES string of the molecule is CCOC(=O)C1C[N+](CC)(C(=O)OC(C)(C)C)CC1c1ccnn1C(C)C. The van der Waals surface area contributed by atoms with Gasteiger partial charge in [-0.2, -0.15) is 9.89 Å². The summed E-state index contributed by atoms with van der Waals surface area (Å²) in [6.45, 7) is 15.3. The summed E-state index contributed by atoms with van der Waals surface area (Å²) in [5, 5.41) is 4.42. The number of ether oxygens (including phenoxy) is 2. The van der Waals surface area contributed by atoms with Crippen molar-refractivity contribution in [1.29, 1.82) is 0 Å². The van der Waals surface area contributed by atoms with E-state index in [-0.39, 0.29) is 28.5 Å². The summed E-state index contributed by atoms with van der Waals surface area (Å²) in [4.78, 5) is 25.8. The zero-order valence-corrected chi connectivity index (χ0v) is 17.7. The first-order chi connectivity index (χ1) is 12.5. The number of likely N-dealkylation sites (N-methyl/N-ethyl adjacent to an activating group) is 1. The zero-order valence-electron chi connectivity index (χ0n) is 17.7. The molecule has 0 radical (unpaired) electrons. The van der Waals surface area contributed by atoms with Gasteiger partial charge in [0.1, 0.15) is 18.1 Å². The van der Waals surface area contributed by atoms with Crippen molar-refractivity contribution in [1.82, 2.24) is 9.78 Å². The molecule has 0 aromatic carbocycles. The second kappa shape index (κ2) is 8.00. The lowest BCUT2D eigenvalue weighted by Crippen LogP contribution is -2.53. The molecule has 152 valence electrons. The first-order valence-corrected chi connectivity index (χ1v) is 9.84. The number of quaternary nitrogens is 1. The van der Waals surface area contributed by atoms with Gasteiger partial charge in [-0.05, 0) is 54.5 Å². The molecule has 0 saturated carbocycles. The fourth-order valence-corrected chi connectivity index (χ4v) is 3.81. The molecule has 2 heterocycles. The maximum Gasteiger partial charge on any atom is 0.516 e. The number of rotatable bonds is 5. The molecule has 7 nitrogen and oxygen atoms in total. The van der Waals surface area contributed by atoms with E-state index in [0.29, 0.717) is 26.2 Å². The molecule has 1 fully saturated rings. The Morgan fingerprint density at radius 3 is 2.48 bits per heavy atom. The topological polar surface area (TPSA) is 70.4 Å². The van der Waals surface area contributed by atoms with Gasteiger partial charge < -0.3 is 9.47 Å². The summed E-state index contributed by atoms with van der Waals surface area (Å²) in [7, 11) is 0. The minimum Gasteiger partial charge on any atom is -0.466 e. The van der Waals surface area contributed by atoms with Gasteiger partial charge >= 0.3 is 12.1 Å². The molecular weight excluding hydrogens is 346 g/mol. The maximum atomic E-state index is 13.0. The van der Waals surface area contributed by atoms with Crippen LogP contribution in [0.2, 0.25) is 0 Å². The minimum atomic E-state index is -0.575. The Labute approximate surface area is 162 Å². The summed E-state index contributed by atoms with van der Waals surface area (Å²) in [5.74, 6) is -0.788. The van der Waals surface area contributed by atoms with E-state index in [1.54, 1.807) is 13.1 Å². The predicted molar refractivity (Wildman–Crippen MR) is 102 cm³/mol. The summed E-state index contributed by atoms with van der Waals surface area (Å²) >= 11 is 0. The second-order valence-corrected chi connectivity index (χ2v) is 8.57. The number of carbonyl (C=O) groups excluding carboxylic acids is 2.